The van der Waals surface area contributed by atoms with Crippen molar-refractivity contribution in [3.05, 3.63) is 121 Å². The maximum Gasteiger partial charge on any atom is 0.122 e. The molecule has 12 nitrogen and oxygen atoms in total. The summed E-state index contributed by atoms with van der Waals surface area (Å²) in [6.45, 7) is 0. The summed E-state index contributed by atoms with van der Waals surface area (Å²) >= 11 is 0. The van der Waals surface area contributed by atoms with Gasteiger partial charge in [-0.1, -0.05) is 0 Å². The van der Waals surface area contributed by atoms with Crippen molar-refractivity contribution < 1.29 is 43.1 Å². The van der Waals surface area contributed by atoms with Crippen LogP contribution in [-0.2, 0) is 32.1 Å². The maximum absolute atomic E-state index is 12.4. The third-order valence-corrected chi connectivity index (χ3v) is 10.2. The van der Waals surface area contributed by atoms with Crippen LogP contribution >= 0.6 is 0 Å². The topological polar surface area (TPSA) is 136 Å². The van der Waals surface area contributed by atoms with Crippen molar-refractivity contribution in [3.63, 3.8) is 0 Å². The molecule has 2 N–H and O–H groups in total. The fraction of sp³-hybridized carbons (Fsp3) is 0.302. The number of methoxy groups -OCH3 is 8. The van der Waals surface area contributed by atoms with E-state index in [1.54, 1.807) is 69.0 Å². The first kappa shape index (κ1) is 38.6. The second-order valence-corrected chi connectivity index (χ2v) is 13.1. The van der Waals surface area contributed by atoms with Gasteiger partial charge in [0.2, 0.25) is 0 Å². The smallest absolute Gasteiger partial charge is 0.122 e. The van der Waals surface area contributed by atoms with Crippen LogP contribution in [0.1, 0.15) is 55.6 Å². The van der Waals surface area contributed by atoms with Crippen LogP contribution in [0, 0.1) is 4.91 Å². The molecule has 0 saturated heterocycles. The molecule has 0 atom stereocenters. The van der Waals surface area contributed by atoms with Gasteiger partial charge in [-0.3, -0.25) is 10.7 Å². The van der Waals surface area contributed by atoms with E-state index in [1.165, 1.54) is 0 Å². The molecule has 288 valence electrons. The number of benzene rings is 5. The molecule has 0 aliphatic heterocycles. The third-order valence-electron chi connectivity index (χ3n) is 10.2. The van der Waals surface area contributed by atoms with E-state index in [2.05, 4.69) is 10.7 Å². The van der Waals surface area contributed by atoms with E-state index >= 15 is 0 Å². The summed E-state index contributed by atoms with van der Waals surface area (Å²) in [6, 6.07) is 18.9. The zero-order chi connectivity index (χ0) is 39.2. The zero-order valence-corrected chi connectivity index (χ0v) is 32.4. The number of hydrogen-bond donors (Lipinski definition) is 2. The molecule has 12 heteroatoms. The van der Waals surface area contributed by atoms with Crippen molar-refractivity contribution in [1.82, 2.24) is 0 Å². The molecule has 0 unspecified atom stereocenters. The van der Waals surface area contributed by atoms with Gasteiger partial charge in [0.05, 0.1) is 62.6 Å². The van der Waals surface area contributed by atoms with Gasteiger partial charge in [-0.25, -0.2) is 0 Å². The number of ether oxygens (including phenoxy) is 8. The Hall–Kier alpha value is -6.14. The molecule has 10 aliphatic rings. The summed E-state index contributed by atoms with van der Waals surface area (Å²) in [5, 5.41) is 13.7. The van der Waals surface area contributed by atoms with Gasteiger partial charge in [-0.05, 0) is 77.0 Å². The molecule has 0 spiro atoms. The number of nitrogens with zero attached hydrogens (tertiary/aromatic N) is 1. The first-order chi connectivity index (χ1) is 26.7. The van der Waals surface area contributed by atoms with E-state index < -0.39 is 0 Å². The lowest BCUT2D eigenvalue weighted by molar-refractivity contribution is 0.387. The Bertz CT molecular complexity index is 2210. The molecule has 5 aromatic rings. The van der Waals surface area contributed by atoms with E-state index in [9.17, 15) is 10.1 Å². The molecular formula is C43H46N2O10. The molecule has 0 amide bonds. The Balaban J connectivity index is 1.61. The summed E-state index contributed by atoms with van der Waals surface area (Å²) in [5.74, 6) is 5.12. The highest BCUT2D eigenvalue weighted by atomic mass is 16.5. The number of nitroso groups, excluding NO2 is 1. The van der Waals surface area contributed by atoms with Gasteiger partial charge in [0.1, 0.15) is 51.7 Å². The normalized spacial score (nSPS) is 12.2. The summed E-state index contributed by atoms with van der Waals surface area (Å²) in [6.07, 6.45) is 1.90. The summed E-state index contributed by atoms with van der Waals surface area (Å²) in [5.41, 5.74) is 10.9. The van der Waals surface area contributed by atoms with Gasteiger partial charge in [-0.2, -0.15) is 0 Å². The van der Waals surface area contributed by atoms with Crippen LogP contribution in [-0.4, -0.2) is 62.1 Å². The lowest BCUT2D eigenvalue weighted by Gasteiger charge is -2.20. The maximum atomic E-state index is 12.4. The van der Waals surface area contributed by atoms with Gasteiger partial charge in [-0.15, -0.1) is 4.91 Å². The van der Waals surface area contributed by atoms with Gasteiger partial charge in [0.15, 0.2) is 0 Å². The number of nitrogens with one attached hydrogen (secondary N) is 1. The van der Waals surface area contributed by atoms with E-state index in [4.69, 9.17) is 37.9 Å². The van der Waals surface area contributed by atoms with Gasteiger partial charge in [0.25, 0.3) is 0 Å². The monoisotopic (exact) mass is 750 g/mol. The van der Waals surface area contributed by atoms with Gasteiger partial charge >= 0.3 is 0 Å². The van der Waals surface area contributed by atoms with Crippen LogP contribution in [0.2, 0.25) is 0 Å². The number of rotatable bonds is 10. The van der Waals surface area contributed by atoms with Crippen molar-refractivity contribution >= 4 is 11.4 Å². The first-order valence-electron chi connectivity index (χ1n) is 17.6. The van der Waals surface area contributed by atoms with Crippen molar-refractivity contribution in [3.8, 4) is 46.0 Å². The van der Waals surface area contributed by atoms with E-state index in [0.29, 0.717) is 82.1 Å². The van der Waals surface area contributed by atoms with E-state index in [-0.39, 0.29) is 18.5 Å². The minimum Gasteiger partial charge on any atom is -0.496 e. The van der Waals surface area contributed by atoms with Crippen LogP contribution < -0.4 is 43.4 Å². The van der Waals surface area contributed by atoms with E-state index in [0.717, 1.165) is 44.5 Å². The van der Waals surface area contributed by atoms with E-state index in [1.807, 2.05) is 48.5 Å². The predicted octanol–water partition coefficient (Wildman–Crippen LogP) is 8.22. The lowest BCUT2D eigenvalue weighted by Crippen LogP contribution is -2.05. The van der Waals surface area contributed by atoms with Crippen LogP contribution in [0.15, 0.2) is 65.8 Å². The Morgan fingerprint density at radius 1 is 0.382 bits per heavy atom. The minimum atomic E-state index is 0.216. The summed E-state index contributed by atoms with van der Waals surface area (Å²) in [7, 11) is 13.0. The first-order valence-corrected chi connectivity index (χ1v) is 17.6. The summed E-state index contributed by atoms with van der Waals surface area (Å²) in [4.78, 5) is 12.4. The molecule has 10 bridgehead atoms. The fourth-order valence-corrected chi connectivity index (χ4v) is 7.38. The van der Waals surface area contributed by atoms with Crippen molar-refractivity contribution in [2.45, 2.75) is 32.1 Å². The Morgan fingerprint density at radius 3 is 0.836 bits per heavy atom. The average molecular weight is 751 g/mol. The third kappa shape index (κ3) is 7.76. The second-order valence-electron chi connectivity index (χ2n) is 13.1. The Labute approximate surface area is 320 Å². The van der Waals surface area contributed by atoms with Gasteiger partial charge < -0.3 is 37.9 Å². The number of anilines is 1. The fourth-order valence-electron chi connectivity index (χ4n) is 7.38. The minimum absolute atomic E-state index is 0.216. The van der Waals surface area contributed by atoms with Crippen LogP contribution in [0.25, 0.3) is 0 Å². The Kier molecular flexibility index (Phi) is 11.9. The molecule has 15 rings (SSSR count). The second kappa shape index (κ2) is 16.9. The van der Waals surface area contributed by atoms with Crippen LogP contribution in [0.3, 0.4) is 0 Å². The molecule has 0 fully saturated rings. The molecule has 0 saturated carbocycles. The SMILES string of the molecule is COc1cc2c(OC)cc1Cc1cc(NO)c(cc1N=O)Cc1cc(OC)c(cc1OC)Cc1cc(OC)c(cc1OC)Cc1cc(OC)c(cc1OC)C2. The van der Waals surface area contributed by atoms with Crippen molar-refractivity contribution in [2.75, 3.05) is 62.4 Å². The molecule has 5 aromatic carbocycles. The molecular weight excluding hydrogens is 704 g/mol. The number of hydrogen-bond acceptors (Lipinski definition) is 12. The highest BCUT2D eigenvalue weighted by Crippen LogP contribution is 2.42. The van der Waals surface area contributed by atoms with Crippen molar-refractivity contribution in [1.29, 1.82) is 0 Å². The summed E-state index contributed by atoms with van der Waals surface area (Å²) < 4.78 is 47.4. The molecule has 0 radical (unpaired) electrons. The molecule has 0 aromatic heterocycles. The highest BCUT2D eigenvalue weighted by molar-refractivity contribution is 5.65. The van der Waals surface area contributed by atoms with Crippen molar-refractivity contribution in [2.24, 2.45) is 5.18 Å². The standard InChI is InChI=1S/C43H46N2O10/c1-48-36-18-28-11-30-20-42(54-7)32(22-40(30)52-5)13-33-23-41(53-6)31(21-43(33)55-8)12-29-19-37(49-2)27(17-39(29)51-4)10-25-15-34(44-46)24(14-35(25)45-47)9-26(36)16-38(28)50-3/h14-23,44,46H,9-13H2,1-8H3. The van der Waals surface area contributed by atoms with Crippen LogP contribution in [0.5, 0.6) is 46.0 Å². The average Bonchev–Trinajstić information content (AvgIpc) is 3.21. The lowest BCUT2D eigenvalue weighted by atomic mass is 9.93. The zero-order valence-electron chi connectivity index (χ0n) is 32.4. The molecule has 55 heavy (non-hydrogen) atoms. The predicted molar refractivity (Wildman–Crippen MR) is 210 cm³/mol. The molecule has 10 aliphatic carbocycles. The Morgan fingerprint density at radius 2 is 0.618 bits per heavy atom. The highest BCUT2D eigenvalue weighted by Gasteiger charge is 2.23. The quantitative estimate of drug-likeness (QED) is 0.104. The van der Waals surface area contributed by atoms with Gasteiger partial charge in [0, 0.05) is 76.6 Å². The largest absolute Gasteiger partial charge is 0.496 e. The molecule has 0 heterocycles. The van der Waals surface area contributed by atoms with Crippen LogP contribution in [0.4, 0.5) is 11.4 Å².